The first-order valence-electron chi connectivity index (χ1n) is 10.3. The molecule has 0 bridgehead atoms. The number of hydrogen-bond donors (Lipinski definition) is 0. The second kappa shape index (κ2) is 9.70. The minimum absolute atomic E-state index is 0.720. The van der Waals surface area contributed by atoms with Gasteiger partial charge in [0.2, 0.25) is 0 Å². The molecule has 0 aliphatic heterocycles. The molecule has 1 aromatic carbocycles. The van der Waals surface area contributed by atoms with Crippen LogP contribution in [0.15, 0.2) is 36.7 Å². The van der Waals surface area contributed by atoms with Gasteiger partial charge in [-0.1, -0.05) is 46.0 Å². The Hall–Kier alpha value is -1.90. The van der Waals surface area contributed by atoms with Crippen LogP contribution in [0.25, 0.3) is 11.4 Å². The highest BCUT2D eigenvalue weighted by atomic mass is 16.5. The van der Waals surface area contributed by atoms with Crippen molar-refractivity contribution in [3.63, 3.8) is 0 Å². The Morgan fingerprint density at radius 3 is 2.15 bits per heavy atom. The molecule has 1 saturated carbocycles. The molecule has 26 heavy (non-hydrogen) atoms. The van der Waals surface area contributed by atoms with E-state index in [9.17, 15) is 0 Å². The quantitative estimate of drug-likeness (QED) is 0.577. The van der Waals surface area contributed by atoms with Crippen molar-refractivity contribution in [1.82, 2.24) is 9.97 Å². The summed E-state index contributed by atoms with van der Waals surface area (Å²) in [6.45, 7) is 5.31. The molecule has 140 valence electrons. The lowest BCUT2D eigenvalue weighted by Gasteiger charge is -2.28. The van der Waals surface area contributed by atoms with Gasteiger partial charge in [0.25, 0.3) is 0 Å². The second-order valence-corrected chi connectivity index (χ2v) is 7.68. The van der Waals surface area contributed by atoms with Crippen LogP contribution >= 0.6 is 0 Å². The third-order valence-corrected chi connectivity index (χ3v) is 5.51. The number of aryl methyl sites for hydroxylation is 1. The standard InChI is InChI=1S/C23H32N2O/c1-3-5-18-7-9-19(10-8-18)17-26-22-13-11-21(12-14-22)23-24-15-20(6-4-2)16-25-23/h11-16,18-19H,3-10,17H2,1-2H3. The van der Waals surface area contributed by atoms with E-state index in [1.54, 1.807) is 0 Å². The van der Waals surface area contributed by atoms with Gasteiger partial charge in [-0.15, -0.1) is 0 Å². The number of hydrogen-bond acceptors (Lipinski definition) is 3. The van der Waals surface area contributed by atoms with Gasteiger partial charge in [0.1, 0.15) is 5.75 Å². The summed E-state index contributed by atoms with van der Waals surface area (Å²) < 4.78 is 6.04. The zero-order valence-electron chi connectivity index (χ0n) is 16.3. The van der Waals surface area contributed by atoms with Crippen LogP contribution in [0.3, 0.4) is 0 Å². The van der Waals surface area contributed by atoms with Crippen LogP contribution in [0.2, 0.25) is 0 Å². The maximum absolute atomic E-state index is 6.04. The molecule has 0 atom stereocenters. The Bertz CT molecular complexity index is 643. The normalized spacial score (nSPS) is 20.1. The van der Waals surface area contributed by atoms with Gasteiger partial charge in [0.05, 0.1) is 6.61 Å². The van der Waals surface area contributed by atoms with Crippen LogP contribution in [0.1, 0.15) is 64.4 Å². The number of ether oxygens (including phenoxy) is 1. The van der Waals surface area contributed by atoms with Gasteiger partial charge >= 0.3 is 0 Å². The van der Waals surface area contributed by atoms with E-state index in [0.717, 1.165) is 48.4 Å². The molecule has 1 fully saturated rings. The molecule has 3 rings (SSSR count). The SMILES string of the molecule is CCCc1cnc(-c2ccc(OCC3CCC(CCC)CC3)cc2)nc1. The lowest BCUT2D eigenvalue weighted by Crippen LogP contribution is -2.20. The Labute approximate surface area is 158 Å². The third kappa shape index (κ3) is 5.30. The first-order chi connectivity index (χ1) is 12.8. The van der Waals surface area contributed by atoms with Crippen LogP contribution in [0.5, 0.6) is 5.75 Å². The number of nitrogens with zero attached hydrogens (tertiary/aromatic N) is 2. The summed E-state index contributed by atoms with van der Waals surface area (Å²) in [4.78, 5) is 8.97. The number of rotatable bonds is 8. The smallest absolute Gasteiger partial charge is 0.159 e. The van der Waals surface area contributed by atoms with E-state index in [0.29, 0.717) is 0 Å². The molecular formula is C23H32N2O. The van der Waals surface area contributed by atoms with Crippen molar-refractivity contribution >= 4 is 0 Å². The molecule has 1 aromatic heterocycles. The maximum atomic E-state index is 6.04. The number of aromatic nitrogens is 2. The Morgan fingerprint density at radius 2 is 1.54 bits per heavy atom. The summed E-state index contributed by atoms with van der Waals surface area (Å²) in [6.07, 6.45) is 14.2. The van der Waals surface area contributed by atoms with Crippen LogP contribution in [-0.2, 0) is 6.42 Å². The molecule has 0 spiro atoms. The molecule has 2 aromatic rings. The van der Waals surface area contributed by atoms with Crippen LogP contribution in [0, 0.1) is 11.8 Å². The Balaban J connectivity index is 1.49. The molecule has 1 aliphatic rings. The zero-order chi connectivity index (χ0) is 18.2. The van der Waals surface area contributed by atoms with Crippen molar-refractivity contribution in [2.24, 2.45) is 11.8 Å². The van der Waals surface area contributed by atoms with Gasteiger partial charge in [-0.2, -0.15) is 0 Å². The molecule has 0 amide bonds. The fraction of sp³-hybridized carbons (Fsp3) is 0.565. The highest BCUT2D eigenvalue weighted by Crippen LogP contribution is 2.32. The van der Waals surface area contributed by atoms with E-state index in [-0.39, 0.29) is 0 Å². The van der Waals surface area contributed by atoms with Gasteiger partial charge in [-0.25, -0.2) is 9.97 Å². The average molecular weight is 353 g/mol. The van der Waals surface area contributed by atoms with Crippen LogP contribution in [0.4, 0.5) is 0 Å². The van der Waals surface area contributed by atoms with E-state index in [4.69, 9.17) is 4.74 Å². The van der Waals surface area contributed by atoms with Crippen molar-refractivity contribution in [3.05, 3.63) is 42.2 Å². The molecule has 3 heteroatoms. The van der Waals surface area contributed by atoms with Gasteiger partial charge in [0, 0.05) is 18.0 Å². The van der Waals surface area contributed by atoms with E-state index < -0.39 is 0 Å². The molecule has 0 radical (unpaired) electrons. The van der Waals surface area contributed by atoms with E-state index >= 15 is 0 Å². The molecular weight excluding hydrogens is 320 g/mol. The zero-order valence-corrected chi connectivity index (χ0v) is 16.3. The molecule has 0 unspecified atom stereocenters. The van der Waals surface area contributed by atoms with E-state index in [1.807, 2.05) is 24.5 Å². The summed E-state index contributed by atoms with van der Waals surface area (Å²) in [5.41, 5.74) is 2.24. The molecule has 0 saturated heterocycles. The van der Waals surface area contributed by atoms with Crippen molar-refractivity contribution < 1.29 is 4.74 Å². The first-order valence-corrected chi connectivity index (χ1v) is 10.3. The second-order valence-electron chi connectivity index (χ2n) is 7.68. The molecule has 3 nitrogen and oxygen atoms in total. The predicted octanol–water partition coefficient (Wildman–Crippen LogP) is 6.08. The Morgan fingerprint density at radius 1 is 0.885 bits per heavy atom. The van der Waals surface area contributed by atoms with Gasteiger partial charge < -0.3 is 4.74 Å². The van der Waals surface area contributed by atoms with Crippen molar-refractivity contribution in [2.75, 3.05) is 6.61 Å². The maximum Gasteiger partial charge on any atom is 0.159 e. The summed E-state index contributed by atoms with van der Waals surface area (Å²) in [5, 5.41) is 0. The molecule has 1 aliphatic carbocycles. The molecule has 0 N–H and O–H groups in total. The van der Waals surface area contributed by atoms with Crippen LogP contribution < -0.4 is 4.74 Å². The topological polar surface area (TPSA) is 35.0 Å². The summed E-state index contributed by atoms with van der Waals surface area (Å²) in [6, 6.07) is 8.20. The monoisotopic (exact) mass is 352 g/mol. The number of benzene rings is 1. The highest BCUT2D eigenvalue weighted by Gasteiger charge is 2.20. The minimum atomic E-state index is 0.720. The fourth-order valence-electron chi connectivity index (χ4n) is 3.93. The highest BCUT2D eigenvalue weighted by molar-refractivity contribution is 5.55. The van der Waals surface area contributed by atoms with Gasteiger partial charge in [0.15, 0.2) is 5.82 Å². The average Bonchev–Trinajstić information content (AvgIpc) is 2.69. The summed E-state index contributed by atoms with van der Waals surface area (Å²) in [7, 11) is 0. The Kier molecular flexibility index (Phi) is 7.04. The van der Waals surface area contributed by atoms with Crippen molar-refractivity contribution in [1.29, 1.82) is 0 Å². The fourth-order valence-corrected chi connectivity index (χ4v) is 3.93. The summed E-state index contributed by atoms with van der Waals surface area (Å²) in [5.74, 6) is 3.41. The lowest BCUT2D eigenvalue weighted by atomic mass is 9.80. The third-order valence-electron chi connectivity index (χ3n) is 5.51. The van der Waals surface area contributed by atoms with Gasteiger partial charge in [-0.05, 0) is 60.9 Å². The van der Waals surface area contributed by atoms with E-state index in [1.165, 1.54) is 44.1 Å². The molecule has 1 heterocycles. The lowest BCUT2D eigenvalue weighted by molar-refractivity contribution is 0.178. The van der Waals surface area contributed by atoms with Gasteiger partial charge in [-0.3, -0.25) is 0 Å². The van der Waals surface area contributed by atoms with E-state index in [2.05, 4.69) is 35.9 Å². The summed E-state index contributed by atoms with van der Waals surface area (Å²) >= 11 is 0. The van der Waals surface area contributed by atoms with Crippen molar-refractivity contribution in [3.8, 4) is 17.1 Å². The van der Waals surface area contributed by atoms with Crippen molar-refractivity contribution in [2.45, 2.75) is 65.2 Å². The minimum Gasteiger partial charge on any atom is -0.493 e. The largest absolute Gasteiger partial charge is 0.493 e. The van der Waals surface area contributed by atoms with Crippen LogP contribution in [-0.4, -0.2) is 16.6 Å². The predicted molar refractivity (Wildman–Crippen MR) is 107 cm³/mol. The first kappa shape index (κ1) is 18.9.